The van der Waals surface area contributed by atoms with Gasteiger partial charge in [0.25, 0.3) is 5.91 Å². The number of halogens is 1. The molecule has 1 aromatic rings. The first-order valence-corrected chi connectivity index (χ1v) is 15.1. The standard InChI is InChI=1S/C35H43FN2O9/c1-18-15-24-30(40)28(27(31(41)33(24)46-7)22-11-13-23(36)14-12-22)38-34(42)19(2)9-8-10-25(44-5)32(47-35(37)43)21(4)17-20(3)29(39)26(16-18)45-6/h8-14,17-18,20,25-26,29,32,39H,15-16H2,1-7H3,(H2,37,43)(H,38,42)/t18-,20+,25+,26+,29-,32+/m1/s1. The summed E-state index contributed by atoms with van der Waals surface area (Å²) in [5.41, 5.74) is 5.93. The maximum atomic E-state index is 14.1. The molecule has 0 radical (unpaired) electrons. The number of carbonyl (C=O) groups is 4. The van der Waals surface area contributed by atoms with Gasteiger partial charge in [0.05, 0.1) is 24.9 Å². The van der Waals surface area contributed by atoms with Gasteiger partial charge in [0.1, 0.15) is 17.6 Å². The Hall–Kier alpha value is -4.39. The fraction of sp³-hybridized carbons (Fsp3) is 0.429. The monoisotopic (exact) mass is 654 g/mol. The number of nitrogens with two attached hydrogens (primary N) is 1. The highest BCUT2D eigenvalue weighted by atomic mass is 19.1. The molecule has 0 unspecified atom stereocenters. The van der Waals surface area contributed by atoms with E-state index in [0.29, 0.717) is 5.57 Å². The van der Waals surface area contributed by atoms with Crippen molar-refractivity contribution in [3.63, 3.8) is 0 Å². The molecule has 0 saturated carbocycles. The lowest BCUT2D eigenvalue weighted by Crippen LogP contribution is -2.37. The SMILES string of the molecule is COC1=C2C[C@@H](C)C[C@H](OC)[C@H](O)[C@@H](C)C=C(C)[C@H](OC(N)=O)[C@@H](OC)C=CC=C(C)C(=O)NC(=C(c3ccc(F)cc3)C1=O)C2=O. The molecule has 1 aliphatic heterocycles. The molecule has 2 bridgehead atoms. The Morgan fingerprint density at radius 3 is 2.26 bits per heavy atom. The quantitative estimate of drug-likeness (QED) is 0.314. The van der Waals surface area contributed by atoms with E-state index >= 15 is 0 Å². The predicted octanol–water partition coefficient (Wildman–Crippen LogP) is 4.07. The van der Waals surface area contributed by atoms with Crippen molar-refractivity contribution < 1.29 is 47.6 Å². The molecule has 2 amide bonds. The van der Waals surface area contributed by atoms with Gasteiger partial charge < -0.3 is 35.1 Å². The molecule has 0 aromatic heterocycles. The Kier molecular flexibility index (Phi) is 13.0. The summed E-state index contributed by atoms with van der Waals surface area (Å²) < 4.78 is 35.9. The van der Waals surface area contributed by atoms with E-state index in [1.165, 1.54) is 52.5 Å². The molecule has 0 spiro atoms. The van der Waals surface area contributed by atoms with Gasteiger partial charge in [-0.05, 0) is 55.9 Å². The van der Waals surface area contributed by atoms with E-state index in [9.17, 15) is 28.7 Å². The molecule has 11 nitrogen and oxygen atoms in total. The highest BCUT2D eigenvalue weighted by molar-refractivity contribution is 6.39. The molecule has 0 fully saturated rings. The summed E-state index contributed by atoms with van der Waals surface area (Å²) >= 11 is 0. The fourth-order valence-electron chi connectivity index (χ4n) is 5.74. The lowest BCUT2D eigenvalue weighted by molar-refractivity contribution is -0.120. The smallest absolute Gasteiger partial charge is 0.405 e. The first-order valence-electron chi connectivity index (χ1n) is 15.1. The van der Waals surface area contributed by atoms with Crippen molar-refractivity contribution in [1.82, 2.24) is 5.32 Å². The molecular weight excluding hydrogens is 611 g/mol. The van der Waals surface area contributed by atoms with Gasteiger partial charge in [-0.15, -0.1) is 0 Å². The summed E-state index contributed by atoms with van der Waals surface area (Å²) in [4.78, 5) is 53.2. The lowest BCUT2D eigenvalue weighted by Gasteiger charge is -2.30. The Balaban J connectivity index is 2.21. The molecule has 1 heterocycles. The zero-order valence-corrected chi connectivity index (χ0v) is 27.7. The highest BCUT2D eigenvalue weighted by Crippen LogP contribution is 2.35. The number of aliphatic hydroxyl groups excluding tert-OH is 1. The maximum Gasteiger partial charge on any atom is 0.405 e. The minimum Gasteiger partial charge on any atom is -0.492 e. The zero-order valence-electron chi connectivity index (χ0n) is 27.7. The number of nitrogens with one attached hydrogen (secondary N) is 1. The van der Waals surface area contributed by atoms with Crippen molar-refractivity contribution in [2.24, 2.45) is 17.6 Å². The molecule has 12 heteroatoms. The highest BCUT2D eigenvalue weighted by Gasteiger charge is 2.38. The van der Waals surface area contributed by atoms with E-state index in [1.807, 2.05) is 6.92 Å². The molecule has 1 aromatic carbocycles. The van der Waals surface area contributed by atoms with Crippen molar-refractivity contribution in [1.29, 1.82) is 0 Å². The average molecular weight is 655 g/mol. The summed E-state index contributed by atoms with van der Waals surface area (Å²) in [6.45, 7) is 6.83. The van der Waals surface area contributed by atoms with Crippen molar-refractivity contribution in [2.45, 2.75) is 65.0 Å². The third-order valence-electron chi connectivity index (χ3n) is 8.24. The van der Waals surface area contributed by atoms with Gasteiger partial charge in [0.2, 0.25) is 11.6 Å². The fourth-order valence-corrected chi connectivity index (χ4v) is 5.74. The number of fused-ring (bicyclic) bond motifs is 2. The second-order valence-corrected chi connectivity index (χ2v) is 11.8. The second kappa shape index (κ2) is 16.4. The molecule has 3 rings (SSSR count). The van der Waals surface area contributed by atoms with Gasteiger partial charge in [-0.25, -0.2) is 9.18 Å². The Labute approximate surface area is 274 Å². The second-order valence-electron chi connectivity index (χ2n) is 11.8. The van der Waals surface area contributed by atoms with Crippen LogP contribution >= 0.6 is 0 Å². The van der Waals surface area contributed by atoms with E-state index in [2.05, 4.69) is 5.32 Å². The van der Waals surface area contributed by atoms with Gasteiger partial charge in [-0.3, -0.25) is 14.4 Å². The average Bonchev–Trinajstić information content (AvgIpc) is 3.03. The topological polar surface area (TPSA) is 163 Å². The summed E-state index contributed by atoms with van der Waals surface area (Å²) in [6.07, 6.45) is 2.06. The Morgan fingerprint density at radius 1 is 1.02 bits per heavy atom. The molecule has 6 atom stereocenters. The lowest BCUT2D eigenvalue weighted by atomic mass is 9.82. The van der Waals surface area contributed by atoms with Gasteiger partial charge in [-0.2, -0.15) is 0 Å². The number of carbonyl (C=O) groups excluding carboxylic acids is 4. The first kappa shape index (κ1) is 37.1. The van der Waals surface area contributed by atoms with Crippen LogP contribution in [0.1, 0.15) is 46.1 Å². The zero-order chi connectivity index (χ0) is 35.0. The number of allylic oxidation sites excluding steroid dienone is 4. The van der Waals surface area contributed by atoms with Crippen molar-refractivity contribution >= 4 is 29.1 Å². The van der Waals surface area contributed by atoms with Gasteiger partial charge in [-0.1, -0.05) is 50.3 Å². The molecule has 0 saturated heterocycles. The first-order chi connectivity index (χ1) is 22.2. The van der Waals surface area contributed by atoms with E-state index < -0.39 is 59.7 Å². The van der Waals surface area contributed by atoms with Gasteiger partial charge >= 0.3 is 6.09 Å². The van der Waals surface area contributed by atoms with E-state index in [0.717, 1.165) is 12.1 Å². The minimum atomic E-state index is -1.03. The number of ether oxygens (including phenoxy) is 4. The Bertz CT molecular complexity index is 1520. The van der Waals surface area contributed by atoms with Crippen LogP contribution in [0.4, 0.5) is 9.18 Å². The summed E-state index contributed by atoms with van der Waals surface area (Å²) in [5.74, 6) is -3.49. The van der Waals surface area contributed by atoms with Crippen LogP contribution in [0.2, 0.25) is 0 Å². The van der Waals surface area contributed by atoms with Gasteiger partial charge in [0, 0.05) is 31.3 Å². The summed E-state index contributed by atoms with van der Waals surface area (Å²) in [5, 5.41) is 13.9. The van der Waals surface area contributed by atoms with Crippen LogP contribution in [0.3, 0.4) is 0 Å². The van der Waals surface area contributed by atoms with Crippen LogP contribution in [0, 0.1) is 17.7 Å². The predicted molar refractivity (Wildman–Crippen MR) is 172 cm³/mol. The van der Waals surface area contributed by atoms with Crippen LogP contribution < -0.4 is 11.1 Å². The maximum absolute atomic E-state index is 14.1. The number of ketones is 2. The number of Topliss-reactive ketones (excluding diaryl/α,β-unsaturated/α-hetero) is 2. The molecule has 1 aliphatic carbocycles. The van der Waals surface area contributed by atoms with Gasteiger partial charge in [0.15, 0.2) is 11.9 Å². The number of amides is 2. The van der Waals surface area contributed by atoms with E-state index in [1.54, 1.807) is 26.0 Å². The van der Waals surface area contributed by atoms with Crippen molar-refractivity contribution in [2.75, 3.05) is 21.3 Å². The largest absolute Gasteiger partial charge is 0.492 e. The summed E-state index contributed by atoms with van der Waals surface area (Å²) in [6, 6.07) is 4.97. The van der Waals surface area contributed by atoms with Crippen LogP contribution in [-0.2, 0) is 33.3 Å². The number of methoxy groups -OCH3 is 3. The molecule has 47 heavy (non-hydrogen) atoms. The number of rotatable bonds is 5. The number of primary amides is 1. The number of benzene rings is 1. The van der Waals surface area contributed by atoms with Crippen LogP contribution in [-0.4, -0.2) is 74.4 Å². The van der Waals surface area contributed by atoms with E-state index in [-0.39, 0.29) is 52.5 Å². The normalized spacial score (nSPS) is 26.9. The van der Waals surface area contributed by atoms with E-state index in [4.69, 9.17) is 24.7 Å². The van der Waals surface area contributed by atoms with Crippen molar-refractivity contribution in [3.8, 4) is 0 Å². The molecule has 4 N–H and O–H groups in total. The third kappa shape index (κ3) is 8.91. The number of hydrogen-bond acceptors (Lipinski definition) is 9. The molecule has 254 valence electrons. The molecular formula is C35H43FN2O9. The van der Waals surface area contributed by atoms with Crippen molar-refractivity contribution in [3.05, 3.63) is 88.1 Å². The minimum absolute atomic E-state index is 0.0492. The number of hydrogen-bond donors (Lipinski definition) is 3. The Morgan fingerprint density at radius 2 is 1.68 bits per heavy atom. The van der Waals surface area contributed by atoms with Crippen LogP contribution in [0.25, 0.3) is 5.57 Å². The molecule has 2 aliphatic rings. The van der Waals surface area contributed by atoms with Crippen LogP contribution in [0.5, 0.6) is 0 Å². The summed E-state index contributed by atoms with van der Waals surface area (Å²) in [7, 11) is 4.14. The van der Waals surface area contributed by atoms with Crippen LogP contribution in [0.15, 0.2) is 76.7 Å². The number of aliphatic hydroxyl groups is 1. The third-order valence-corrected chi connectivity index (χ3v) is 8.24.